The van der Waals surface area contributed by atoms with Crippen molar-refractivity contribution in [2.75, 3.05) is 11.4 Å². The minimum atomic E-state index is 0.101. The van der Waals surface area contributed by atoms with Gasteiger partial charge in [0.25, 0.3) is 0 Å². The molecule has 0 aromatic heterocycles. The van der Waals surface area contributed by atoms with E-state index in [1.807, 2.05) is 6.92 Å². The molecule has 0 spiro atoms. The van der Waals surface area contributed by atoms with Crippen molar-refractivity contribution in [1.82, 2.24) is 0 Å². The lowest BCUT2D eigenvalue weighted by molar-refractivity contribution is -0.117. The monoisotopic (exact) mass is 223 g/mol. The van der Waals surface area contributed by atoms with Gasteiger partial charge in [-0.15, -0.1) is 0 Å². The molecular weight excluding hydrogens is 210 g/mol. The van der Waals surface area contributed by atoms with Gasteiger partial charge in [-0.25, -0.2) is 0 Å². The van der Waals surface area contributed by atoms with E-state index in [-0.39, 0.29) is 16.9 Å². The quantitative estimate of drug-likeness (QED) is 0.712. The van der Waals surface area contributed by atoms with E-state index < -0.39 is 0 Å². The summed E-state index contributed by atoms with van der Waals surface area (Å²) in [7, 11) is 0. The Morgan fingerprint density at radius 1 is 1.53 bits per heavy atom. The molecule has 1 saturated heterocycles. The van der Waals surface area contributed by atoms with E-state index in [9.17, 15) is 9.90 Å². The van der Waals surface area contributed by atoms with Gasteiger partial charge in [0.2, 0.25) is 5.91 Å². The Hall–Kier alpha value is -1.16. The predicted molar refractivity (Wildman–Crippen MR) is 62.6 cm³/mol. The van der Waals surface area contributed by atoms with E-state index in [1.54, 1.807) is 23.1 Å². The van der Waals surface area contributed by atoms with Crippen molar-refractivity contribution in [2.45, 2.75) is 18.6 Å². The van der Waals surface area contributed by atoms with E-state index in [1.165, 1.54) is 0 Å². The lowest BCUT2D eigenvalue weighted by atomic mass is 10.2. The van der Waals surface area contributed by atoms with E-state index in [0.29, 0.717) is 13.0 Å². The van der Waals surface area contributed by atoms with Gasteiger partial charge in [0.1, 0.15) is 5.75 Å². The van der Waals surface area contributed by atoms with Gasteiger partial charge >= 0.3 is 0 Å². The van der Waals surface area contributed by atoms with Crippen molar-refractivity contribution in [3.05, 3.63) is 23.8 Å². The van der Waals surface area contributed by atoms with Gasteiger partial charge in [-0.05, 0) is 30.7 Å². The van der Waals surface area contributed by atoms with E-state index in [4.69, 9.17) is 0 Å². The molecule has 1 heterocycles. The molecule has 80 valence electrons. The number of aryl methyl sites for hydroxylation is 1. The van der Waals surface area contributed by atoms with Gasteiger partial charge in [0.05, 0.1) is 0 Å². The molecule has 3 nitrogen and oxygen atoms in total. The number of hydrogen-bond donors (Lipinski definition) is 2. The van der Waals surface area contributed by atoms with Gasteiger partial charge in [-0.3, -0.25) is 4.79 Å². The Bertz CT molecular complexity index is 406. The standard InChI is InChI=1S/C11H13NO2S/c1-7-4-8(13)2-3-10(7)12-6-9(15)5-11(12)14/h2-4,9,13,15H,5-6H2,1H3. The van der Waals surface area contributed by atoms with Crippen molar-refractivity contribution in [3.63, 3.8) is 0 Å². The summed E-state index contributed by atoms with van der Waals surface area (Å²) >= 11 is 4.30. The molecule has 1 aromatic rings. The summed E-state index contributed by atoms with van der Waals surface area (Å²) in [4.78, 5) is 13.4. The van der Waals surface area contributed by atoms with Crippen LogP contribution < -0.4 is 4.90 Å². The predicted octanol–water partition coefficient (Wildman–Crippen LogP) is 1.74. The highest BCUT2D eigenvalue weighted by atomic mass is 32.1. The molecular formula is C11H13NO2S. The maximum absolute atomic E-state index is 11.6. The first kappa shape index (κ1) is 10.4. The van der Waals surface area contributed by atoms with Crippen LogP contribution in [0, 0.1) is 6.92 Å². The molecule has 1 atom stereocenters. The molecule has 4 heteroatoms. The summed E-state index contributed by atoms with van der Waals surface area (Å²) in [5.41, 5.74) is 1.78. The number of phenolic OH excluding ortho intramolecular Hbond substituents is 1. The highest BCUT2D eigenvalue weighted by Gasteiger charge is 2.28. The lowest BCUT2D eigenvalue weighted by Crippen LogP contribution is -2.25. The summed E-state index contributed by atoms with van der Waals surface area (Å²) in [5.74, 6) is 0.328. The van der Waals surface area contributed by atoms with Crippen LogP contribution in [0.25, 0.3) is 0 Å². The molecule has 2 rings (SSSR count). The number of aromatic hydroxyl groups is 1. The molecule has 0 bridgehead atoms. The van der Waals surface area contributed by atoms with Crippen LogP contribution in [0.3, 0.4) is 0 Å². The third kappa shape index (κ3) is 1.95. The largest absolute Gasteiger partial charge is 0.508 e. The summed E-state index contributed by atoms with van der Waals surface area (Å²) < 4.78 is 0. The first-order chi connectivity index (χ1) is 7.08. The minimum Gasteiger partial charge on any atom is -0.508 e. The Kier molecular flexibility index (Phi) is 2.61. The van der Waals surface area contributed by atoms with Gasteiger partial charge in [0, 0.05) is 23.9 Å². The fraction of sp³-hybridized carbons (Fsp3) is 0.364. The number of thiol groups is 1. The first-order valence-corrected chi connectivity index (χ1v) is 5.37. The van der Waals surface area contributed by atoms with Crippen molar-refractivity contribution in [2.24, 2.45) is 0 Å². The number of amides is 1. The normalized spacial score (nSPS) is 21.1. The first-order valence-electron chi connectivity index (χ1n) is 4.86. The van der Waals surface area contributed by atoms with Gasteiger partial charge in [0.15, 0.2) is 0 Å². The SMILES string of the molecule is Cc1cc(O)ccc1N1CC(S)CC1=O. The van der Waals surface area contributed by atoms with Gasteiger partial charge < -0.3 is 10.0 Å². The molecule has 0 radical (unpaired) electrons. The third-order valence-corrected chi connectivity index (χ3v) is 2.92. The van der Waals surface area contributed by atoms with Crippen molar-refractivity contribution in [3.8, 4) is 5.75 Å². The summed E-state index contributed by atoms with van der Waals surface area (Å²) in [6, 6.07) is 5.03. The van der Waals surface area contributed by atoms with Gasteiger partial charge in [-0.2, -0.15) is 12.6 Å². The Balaban J connectivity index is 2.34. The van der Waals surface area contributed by atoms with Gasteiger partial charge in [-0.1, -0.05) is 0 Å². The fourth-order valence-corrected chi connectivity index (χ4v) is 2.18. The van der Waals surface area contributed by atoms with Crippen LogP contribution in [-0.2, 0) is 4.79 Å². The highest BCUT2D eigenvalue weighted by Crippen LogP contribution is 2.29. The molecule has 15 heavy (non-hydrogen) atoms. The number of phenols is 1. The summed E-state index contributed by atoms with van der Waals surface area (Å²) in [6.07, 6.45) is 0.490. The second-order valence-corrected chi connectivity index (χ2v) is 4.56. The van der Waals surface area contributed by atoms with Crippen LogP contribution in [0.1, 0.15) is 12.0 Å². The Morgan fingerprint density at radius 2 is 2.27 bits per heavy atom. The Morgan fingerprint density at radius 3 is 2.80 bits per heavy atom. The molecule has 1 aromatic carbocycles. The third-order valence-electron chi connectivity index (χ3n) is 2.58. The minimum absolute atomic E-state index is 0.101. The summed E-state index contributed by atoms with van der Waals surface area (Å²) in [6.45, 7) is 2.53. The van der Waals surface area contributed by atoms with E-state index in [2.05, 4.69) is 12.6 Å². The van der Waals surface area contributed by atoms with Crippen LogP contribution in [0.4, 0.5) is 5.69 Å². The summed E-state index contributed by atoms with van der Waals surface area (Å²) in [5, 5.41) is 9.40. The number of carbonyl (C=O) groups excluding carboxylic acids is 1. The smallest absolute Gasteiger partial charge is 0.228 e. The van der Waals surface area contributed by atoms with Crippen molar-refractivity contribution in [1.29, 1.82) is 0 Å². The van der Waals surface area contributed by atoms with Crippen LogP contribution in [0.15, 0.2) is 18.2 Å². The van der Waals surface area contributed by atoms with Crippen molar-refractivity contribution >= 4 is 24.2 Å². The topological polar surface area (TPSA) is 40.5 Å². The molecule has 1 amide bonds. The second-order valence-electron chi connectivity index (χ2n) is 3.83. The number of benzene rings is 1. The lowest BCUT2D eigenvalue weighted by Gasteiger charge is -2.18. The zero-order valence-corrected chi connectivity index (χ0v) is 9.37. The molecule has 0 aliphatic carbocycles. The molecule has 1 aliphatic heterocycles. The highest BCUT2D eigenvalue weighted by molar-refractivity contribution is 7.81. The Labute approximate surface area is 94.1 Å². The zero-order valence-electron chi connectivity index (χ0n) is 8.47. The molecule has 1 fully saturated rings. The van der Waals surface area contributed by atoms with Crippen LogP contribution in [-0.4, -0.2) is 22.8 Å². The number of carbonyl (C=O) groups is 1. The number of nitrogens with zero attached hydrogens (tertiary/aromatic N) is 1. The number of anilines is 1. The number of hydrogen-bond acceptors (Lipinski definition) is 3. The average Bonchev–Trinajstić information content (AvgIpc) is 2.45. The van der Waals surface area contributed by atoms with E-state index >= 15 is 0 Å². The second kappa shape index (κ2) is 3.77. The molecule has 1 N–H and O–H groups in total. The molecule has 1 unspecified atom stereocenters. The number of rotatable bonds is 1. The zero-order chi connectivity index (χ0) is 11.0. The van der Waals surface area contributed by atoms with Crippen LogP contribution >= 0.6 is 12.6 Å². The molecule has 0 saturated carbocycles. The van der Waals surface area contributed by atoms with Crippen LogP contribution in [0.5, 0.6) is 5.75 Å². The average molecular weight is 223 g/mol. The van der Waals surface area contributed by atoms with Crippen LogP contribution in [0.2, 0.25) is 0 Å². The van der Waals surface area contributed by atoms with Crippen molar-refractivity contribution < 1.29 is 9.90 Å². The molecule has 1 aliphatic rings. The van der Waals surface area contributed by atoms with E-state index in [0.717, 1.165) is 11.3 Å². The maximum atomic E-state index is 11.6. The fourth-order valence-electron chi connectivity index (χ4n) is 1.86. The maximum Gasteiger partial charge on any atom is 0.228 e.